The van der Waals surface area contributed by atoms with Gasteiger partial charge in [0.25, 0.3) is 0 Å². The summed E-state index contributed by atoms with van der Waals surface area (Å²) in [6, 6.07) is 13.2. The van der Waals surface area contributed by atoms with Gasteiger partial charge >= 0.3 is 0 Å². The lowest BCUT2D eigenvalue weighted by atomic mass is 10.2. The van der Waals surface area contributed by atoms with Gasteiger partial charge in [0.1, 0.15) is 12.4 Å². The molecule has 0 unspecified atom stereocenters. The van der Waals surface area contributed by atoms with Crippen LogP contribution in [0.25, 0.3) is 11.3 Å². The number of methoxy groups -OCH3 is 2. The number of nitrogens with one attached hydrogen (secondary N) is 1. The Balaban J connectivity index is 1.64. The van der Waals surface area contributed by atoms with Gasteiger partial charge in [-0.3, -0.25) is 5.43 Å². The number of nitrogens with zero attached hydrogens (tertiary/aromatic N) is 2. The Labute approximate surface area is 167 Å². The molecule has 1 heterocycles. The number of thiazole rings is 1. The molecule has 3 aromatic rings. The van der Waals surface area contributed by atoms with E-state index in [1.54, 1.807) is 26.5 Å². The molecule has 0 saturated carbocycles. The highest BCUT2D eigenvalue weighted by molar-refractivity contribution is 7.14. The average molecular weight is 393 g/mol. The fraction of sp³-hybridized carbons (Fsp3) is 0.143. The summed E-state index contributed by atoms with van der Waals surface area (Å²) in [7, 11) is 3.22. The molecule has 0 spiro atoms. The van der Waals surface area contributed by atoms with Crippen LogP contribution >= 0.6 is 11.3 Å². The molecule has 7 heteroatoms. The maximum absolute atomic E-state index is 5.43. The number of hydrazone groups is 1. The molecule has 28 heavy (non-hydrogen) atoms. The Morgan fingerprint density at radius 2 is 1.96 bits per heavy atom. The number of benzene rings is 2. The van der Waals surface area contributed by atoms with Gasteiger partial charge in [-0.1, -0.05) is 5.92 Å². The second kappa shape index (κ2) is 9.44. The molecule has 142 valence electrons. The van der Waals surface area contributed by atoms with Gasteiger partial charge in [-0.05, 0) is 48.0 Å². The van der Waals surface area contributed by atoms with E-state index in [0.717, 1.165) is 22.6 Å². The third kappa shape index (κ3) is 4.81. The lowest BCUT2D eigenvalue weighted by molar-refractivity contribution is 0.331. The predicted molar refractivity (Wildman–Crippen MR) is 113 cm³/mol. The molecule has 0 saturated heterocycles. The molecule has 0 aliphatic rings. The highest BCUT2D eigenvalue weighted by Crippen LogP contribution is 2.28. The minimum Gasteiger partial charge on any atom is -0.497 e. The Kier molecular flexibility index (Phi) is 6.50. The monoisotopic (exact) mass is 393 g/mol. The summed E-state index contributed by atoms with van der Waals surface area (Å²) in [4.78, 5) is 4.54. The van der Waals surface area contributed by atoms with E-state index in [4.69, 9.17) is 20.6 Å². The van der Waals surface area contributed by atoms with Crippen LogP contribution in [-0.2, 0) is 0 Å². The summed E-state index contributed by atoms with van der Waals surface area (Å²) >= 11 is 1.48. The number of hydrogen-bond donors (Lipinski definition) is 1. The normalized spacial score (nSPS) is 10.5. The Morgan fingerprint density at radius 3 is 2.68 bits per heavy atom. The van der Waals surface area contributed by atoms with Crippen molar-refractivity contribution in [3.05, 3.63) is 53.4 Å². The van der Waals surface area contributed by atoms with E-state index in [-0.39, 0.29) is 6.61 Å². The summed E-state index contributed by atoms with van der Waals surface area (Å²) in [6.07, 6.45) is 6.90. The van der Waals surface area contributed by atoms with Crippen molar-refractivity contribution in [3.8, 4) is 40.8 Å². The van der Waals surface area contributed by atoms with Gasteiger partial charge in [0.05, 0.1) is 26.1 Å². The first-order valence-electron chi connectivity index (χ1n) is 8.37. The first-order chi connectivity index (χ1) is 13.7. The summed E-state index contributed by atoms with van der Waals surface area (Å²) in [5, 5.41) is 6.91. The van der Waals surface area contributed by atoms with Crippen molar-refractivity contribution in [2.45, 2.75) is 0 Å². The summed E-state index contributed by atoms with van der Waals surface area (Å²) in [5.74, 6) is 4.43. The molecule has 0 bridgehead atoms. The van der Waals surface area contributed by atoms with Crippen molar-refractivity contribution in [2.75, 3.05) is 26.3 Å². The van der Waals surface area contributed by atoms with Crippen molar-refractivity contribution in [2.24, 2.45) is 5.10 Å². The van der Waals surface area contributed by atoms with E-state index in [1.807, 2.05) is 41.8 Å². The first-order valence-corrected chi connectivity index (χ1v) is 9.25. The molecule has 0 fully saturated rings. The van der Waals surface area contributed by atoms with E-state index >= 15 is 0 Å². The van der Waals surface area contributed by atoms with E-state index in [0.29, 0.717) is 16.6 Å². The quantitative estimate of drug-likeness (QED) is 0.351. The number of anilines is 1. The molecule has 2 aromatic carbocycles. The highest BCUT2D eigenvalue weighted by Gasteiger charge is 2.06. The predicted octanol–water partition coefficient (Wildman–Crippen LogP) is 4.29. The third-order valence-corrected chi connectivity index (χ3v) is 4.51. The molecule has 0 radical (unpaired) electrons. The van der Waals surface area contributed by atoms with Crippen molar-refractivity contribution in [3.63, 3.8) is 0 Å². The van der Waals surface area contributed by atoms with Crippen LogP contribution in [0.1, 0.15) is 5.56 Å². The topological polar surface area (TPSA) is 65.0 Å². The average Bonchev–Trinajstić information content (AvgIpc) is 3.21. The molecule has 0 aliphatic heterocycles. The van der Waals surface area contributed by atoms with Crippen LogP contribution in [-0.4, -0.2) is 32.0 Å². The molecule has 1 aromatic heterocycles. The zero-order valence-corrected chi connectivity index (χ0v) is 16.3. The standard InChI is InChI=1S/C21H19N3O3S/c1-4-11-27-19-10-5-15(12-20(19)26-3)13-22-24-21-23-18(14-28-21)16-6-8-17(25-2)9-7-16/h1,5-10,12-14H,11H2,2-3H3,(H,23,24)/b22-13+. The summed E-state index contributed by atoms with van der Waals surface area (Å²) < 4.78 is 15.9. The number of terminal acetylenes is 1. The summed E-state index contributed by atoms with van der Waals surface area (Å²) in [6.45, 7) is 0.186. The SMILES string of the molecule is C#CCOc1ccc(/C=N/Nc2nc(-c3ccc(OC)cc3)cs2)cc1OC. The van der Waals surface area contributed by atoms with Gasteiger partial charge in [0.15, 0.2) is 11.5 Å². The van der Waals surface area contributed by atoms with Crippen molar-refractivity contribution < 1.29 is 14.2 Å². The van der Waals surface area contributed by atoms with E-state index in [1.165, 1.54) is 11.3 Å². The Morgan fingerprint density at radius 1 is 1.14 bits per heavy atom. The van der Waals surface area contributed by atoms with Crippen LogP contribution in [0.2, 0.25) is 0 Å². The van der Waals surface area contributed by atoms with E-state index in [9.17, 15) is 0 Å². The van der Waals surface area contributed by atoms with Crippen molar-refractivity contribution in [1.29, 1.82) is 0 Å². The van der Waals surface area contributed by atoms with E-state index < -0.39 is 0 Å². The molecule has 0 aliphatic carbocycles. The number of hydrogen-bond acceptors (Lipinski definition) is 7. The van der Waals surface area contributed by atoms with Gasteiger partial charge in [0.2, 0.25) is 5.13 Å². The number of rotatable bonds is 8. The zero-order valence-electron chi connectivity index (χ0n) is 15.5. The molecular weight excluding hydrogens is 374 g/mol. The summed E-state index contributed by atoms with van der Waals surface area (Å²) in [5.41, 5.74) is 5.69. The van der Waals surface area contributed by atoms with Crippen LogP contribution in [0.3, 0.4) is 0 Å². The second-order valence-electron chi connectivity index (χ2n) is 5.54. The number of aromatic nitrogens is 1. The van der Waals surface area contributed by atoms with Crippen LogP contribution in [0.5, 0.6) is 17.2 Å². The van der Waals surface area contributed by atoms with Crippen molar-refractivity contribution in [1.82, 2.24) is 4.98 Å². The maximum Gasteiger partial charge on any atom is 0.203 e. The smallest absolute Gasteiger partial charge is 0.203 e. The molecule has 0 atom stereocenters. The van der Waals surface area contributed by atoms with Gasteiger partial charge in [0, 0.05) is 10.9 Å². The maximum atomic E-state index is 5.43. The first kappa shape index (κ1) is 19.3. The molecule has 3 rings (SSSR count). The fourth-order valence-electron chi connectivity index (χ4n) is 2.38. The van der Waals surface area contributed by atoms with Crippen LogP contribution in [0.4, 0.5) is 5.13 Å². The number of ether oxygens (including phenoxy) is 3. The lowest BCUT2D eigenvalue weighted by Crippen LogP contribution is -1.98. The van der Waals surface area contributed by atoms with Crippen molar-refractivity contribution >= 4 is 22.7 Å². The zero-order chi connectivity index (χ0) is 19.8. The van der Waals surface area contributed by atoms with Gasteiger partial charge in [-0.25, -0.2) is 4.98 Å². The van der Waals surface area contributed by atoms with Crippen LogP contribution in [0, 0.1) is 12.3 Å². The molecular formula is C21H19N3O3S. The molecule has 6 nitrogen and oxygen atoms in total. The van der Waals surface area contributed by atoms with Crippen LogP contribution in [0.15, 0.2) is 52.9 Å². The lowest BCUT2D eigenvalue weighted by Gasteiger charge is -2.08. The fourth-order valence-corrected chi connectivity index (χ4v) is 3.05. The Bertz CT molecular complexity index is 991. The third-order valence-electron chi connectivity index (χ3n) is 3.76. The highest BCUT2D eigenvalue weighted by atomic mass is 32.1. The molecule has 0 amide bonds. The van der Waals surface area contributed by atoms with Gasteiger partial charge < -0.3 is 14.2 Å². The van der Waals surface area contributed by atoms with Crippen LogP contribution < -0.4 is 19.6 Å². The van der Waals surface area contributed by atoms with E-state index in [2.05, 4.69) is 21.4 Å². The van der Waals surface area contributed by atoms with Gasteiger partial charge in [-0.2, -0.15) is 5.10 Å². The second-order valence-corrected chi connectivity index (χ2v) is 6.40. The largest absolute Gasteiger partial charge is 0.497 e. The minimum atomic E-state index is 0.186. The molecule has 1 N–H and O–H groups in total. The van der Waals surface area contributed by atoms with Gasteiger partial charge in [-0.15, -0.1) is 17.8 Å². The Hall–Kier alpha value is -3.50. The minimum absolute atomic E-state index is 0.186.